The first-order valence-electron chi connectivity index (χ1n) is 8.26. The second-order valence-corrected chi connectivity index (χ2v) is 6.62. The van der Waals surface area contributed by atoms with Crippen molar-refractivity contribution < 1.29 is 14.0 Å². The van der Waals surface area contributed by atoms with Gasteiger partial charge in [-0.25, -0.2) is 0 Å². The number of furan rings is 1. The minimum absolute atomic E-state index is 0.103. The summed E-state index contributed by atoms with van der Waals surface area (Å²) >= 11 is 3.34. The Morgan fingerprint density at radius 2 is 1.81 bits per heavy atom. The Morgan fingerprint density at radius 1 is 1.00 bits per heavy atom. The summed E-state index contributed by atoms with van der Waals surface area (Å²) in [6, 6.07) is 19.9. The van der Waals surface area contributed by atoms with Crippen LogP contribution >= 0.6 is 15.9 Å². The molecular weight excluding hydrogens is 408 g/mol. The summed E-state index contributed by atoms with van der Waals surface area (Å²) in [5.41, 5.74) is 1.50. The summed E-state index contributed by atoms with van der Waals surface area (Å²) in [6.07, 6.45) is 3.00. The van der Waals surface area contributed by atoms with Crippen molar-refractivity contribution in [3.8, 4) is 0 Å². The zero-order chi connectivity index (χ0) is 19.1. The van der Waals surface area contributed by atoms with Crippen LogP contribution in [0.15, 0.2) is 87.6 Å². The van der Waals surface area contributed by atoms with E-state index in [0.29, 0.717) is 17.9 Å². The fourth-order valence-corrected chi connectivity index (χ4v) is 2.77. The van der Waals surface area contributed by atoms with E-state index in [-0.39, 0.29) is 11.6 Å². The molecule has 0 unspecified atom stereocenters. The normalized spacial score (nSPS) is 11.1. The highest BCUT2D eigenvalue weighted by Crippen LogP contribution is 2.13. The van der Waals surface area contributed by atoms with Gasteiger partial charge in [0.15, 0.2) is 0 Å². The van der Waals surface area contributed by atoms with Gasteiger partial charge >= 0.3 is 0 Å². The smallest absolute Gasteiger partial charge is 0.268 e. The molecule has 0 aliphatic carbocycles. The van der Waals surface area contributed by atoms with E-state index >= 15 is 0 Å². The van der Waals surface area contributed by atoms with Crippen LogP contribution in [0.4, 0.5) is 0 Å². The predicted molar refractivity (Wildman–Crippen MR) is 107 cm³/mol. The highest BCUT2D eigenvalue weighted by Gasteiger charge is 2.15. The average molecular weight is 425 g/mol. The highest BCUT2D eigenvalue weighted by molar-refractivity contribution is 9.10. The van der Waals surface area contributed by atoms with Crippen LogP contribution in [-0.4, -0.2) is 11.8 Å². The van der Waals surface area contributed by atoms with Crippen LogP contribution in [0.2, 0.25) is 0 Å². The van der Waals surface area contributed by atoms with Gasteiger partial charge in [-0.3, -0.25) is 9.59 Å². The number of nitrogens with one attached hydrogen (secondary N) is 2. The van der Waals surface area contributed by atoms with Crippen LogP contribution in [0.5, 0.6) is 0 Å². The van der Waals surface area contributed by atoms with Gasteiger partial charge < -0.3 is 15.1 Å². The van der Waals surface area contributed by atoms with E-state index in [1.807, 2.05) is 36.4 Å². The summed E-state index contributed by atoms with van der Waals surface area (Å²) in [7, 11) is 0. The Bertz CT molecular complexity index is 951. The van der Waals surface area contributed by atoms with Gasteiger partial charge in [-0.15, -0.1) is 0 Å². The van der Waals surface area contributed by atoms with Crippen LogP contribution < -0.4 is 10.6 Å². The van der Waals surface area contributed by atoms with Gasteiger partial charge in [0, 0.05) is 22.7 Å². The lowest BCUT2D eigenvalue weighted by molar-refractivity contribution is -0.117. The molecule has 2 amide bonds. The monoisotopic (exact) mass is 424 g/mol. The summed E-state index contributed by atoms with van der Waals surface area (Å²) in [5, 5.41) is 5.47. The number of carbonyl (C=O) groups excluding carboxylic acids is 2. The fourth-order valence-electron chi connectivity index (χ4n) is 2.37. The molecule has 3 aromatic rings. The van der Waals surface area contributed by atoms with Crippen molar-refractivity contribution in [2.75, 3.05) is 0 Å². The summed E-state index contributed by atoms with van der Waals surface area (Å²) in [5.74, 6) is -0.322. The fraction of sp³-hybridized carbons (Fsp3) is 0.0476. The van der Waals surface area contributed by atoms with Crippen molar-refractivity contribution >= 4 is 33.8 Å². The molecule has 0 radical (unpaired) electrons. The van der Waals surface area contributed by atoms with E-state index < -0.39 is 5.91 Å². The zero-order valence-electron chi connectivity index (χ0n) is 14.3. The lowest BCUT2D eigenvalue weighted by Crippen LogP contribution is -2.34. The van der Waals surface area contributed by atoms with Gasteiger partial charge in [0.25, 0.3) is 11.8 Å². The quantitative estimate of drug-likeness (QED) is 0.584. The Kier molecular flexibility index (Phi) is 6.22. The SMILES string of the molecule is O=C(NCc1ccccc1)/C(=C\c1ccco1)NC(=O)c1cccc(Br)c1. The predicted octanol–water partition coefficient (Wildman–Crippen LogP) is 4.13. The molecule has 1 aromatic heterocycles. The van der Waals surface area contributed by atoms with Crippen molar-refractivity contribution in [3.05, 3.63) is 100 Å². The maximum absolute atomic E-state index is 12.6. The molecular formula is C21H17BrN2O3. The molecule has 0 fully saturated rings. The van der Waals surface area contributed by atoms with Crippen molar-refractivity contribution in [1.29, 1.82) is 0 Å². The molecule has 1 heterocycles. The molecule has 3 rings (SSSR count). The number of rotatable bonds is 6. The highest BCUT2D eigenvalue weighted by atomic mass is 79.9. The second-order valence-electron chi connectivity index (χ2n) is 5.71. The van der Waals surface area contributed by atoms with Crippen molar-refractivity contribution in [2.24, 2.45) is 0 Å². The molecule has 6 heteroatoms. The minimum Gasteiger partial charge on any atom is -0.465 e. The molecule has 5 nitrogen and oxygen atoms in total. The third kappa shape index (κ3) is 5.43. The van der Waals surface area contributed by atoms with Crippen molar-refractivity contribution in [1.82, 2.24) is 10.6 Å². The number of carbonyl (C=O) groups is 2. The first kappa shape index (κ1) is 18.7. The van der Waals surface area contributed by atoms with E-state index in [2.05, 4.69) is 26.6 Å². The van der Waals surface area contributed by atoms with Crippen LogP contribution in [0.25, 0.3) is 6.08 Å². The molecule has 2 N–H and O–H groups in total. The van der Waals surface area contributed by atoms with Gasteiger partial charge in [0.2, 0.25) is 0 Å². The van der Waals surface area contributed by atoms with Gasteiger partial charge in [0.05, 0.1) is 6.26 Å². The van der Waals surface area contributed by atoms with E-state index in [1.165, 1.54) is 12.3 Å². The first-order chi connectivity index (χ1) is 13.1. The number of halogens is 1. The maximum Gasteiger partial charge on any atom is 0.268 e. The first-order valence-corrected chi connectivity index (χ1v) is 9.05. The number of benzene rings is 2. The molecule has 136 valence electrons. The Morgan fingerprint density at radius 3 is 2.52 bits per heavy atom. The summed E-state index contributed by atoms with van der Waals surface area (Å²) in [6.45, 7) is 0.349. The molecule has 0 saturated carbocycles. The van der Waals surface area contributed by atoms with E-state index in [1.54, 1.807) is 30.3 Å². The third-order valence-corrected chi connectivity index (χ3v) is 4.20. The lowest BCUT2D eigenvalue weighted by Gasteiger charge is -2.11. The summed E-state index contributed by atoms with van der Waals surface area (Å²) in [4.78, 5) is 25.2. The summed E-state index contributed by atoms with van der Waals surface area (Å²) < 4.78 is 6.05. The third-order valence-electron chi connectivity index (χ3n) is 3.71. The van der Waals surface area contributed by atoms with Gasteiger partial charge in [-0.1, -0.05) is 52.3 Å². The number of hydrogen-bond donors (Lipinski definition) is 2. The Balaban J connectivity index is 1.76. The Labute approximate surface area is 165 Å². The number of hydrogen-bond acceptors (Lipinski definition) is 3. The average Bonchev–Trinajstić information content (AvgIpc) is 3.19. The van der Waals surface area contributed by atoms with Crippen molar-refractivity contribution in [3.63, 3.8) is 0 Å². The molecule has 27 heavy (non-hydrogen) atoms. The number of amides is 2. The molecule has 0 spiro atoms. The van der Waals surface area contributed by atoms with E-state index in [0.717, 1.165) is 10.0 Å². The molecule has 0 aliphatic heterocycles. The topological polar surface area (TPSA) is 71.3 Å². The second kappa shape index (κ2) is 9.00. The minimum atomic E-state index is -0.404. The maximum atomic E-state index is 12.6. The lowest BCUT2D eigenvalue weighted by atomic mass is 10.2. The standard InChI is InChI=1S/C21H17BrN2O3/c22-17-9-4-8-16(12-17)20(25)24-19(13-18-10-5-11-27-18)21(26)23-14-15-6-2-1-3-7-15/h1-13H,14H2,(H,23,26)(H,24,25)/b19-13+. The van der Waals surface area contributed by atoms with Crippen LogP contribution in [0.3, 0.4) is 0 Å². The molecule has 0 atom stereocenters. The van der Waals surface area contributed by atoms with Gasteiger partial charge in [-0.05, 0) is 35.9 Å². The largest absolute Gasteiger partial charge is 0.465 e. The molecule has 2 aromatic carbocycles. The van der Waals surface area contributed by atoms with Gasteiger partial charge in [0.1, 0.15) is 11.5 Å². The van der Waals surface area contributed by atoms with Gasteiger partial charge in [-0.2, -0.15) is 0 Å². The molecule has 0 bridgehead atoms. The molecule has 0 aliphatic rings. The van der Waals surface area contributed by atoms with E-state index in [4.69, 9.17) is 4.42 Å². The van der Waals surface area contributed by atoms with Crippen LogP contribution in [-0.2, 0) is 11.3 Å². The van der Waals surface area contributed by atoms with Crippen LogP contribution in [0.1, 0.15) is 21.7 Å². The van der Waals surface area contributed by atoms with Crippen molar-refractivity contribution in [2.45, 2.75) is 6.54 Å². The molecule has 0 saturated heterocycles. The van der Waals surface area contributed by atoms with E-state index in [9.17, 15) is 9.59 Å². The van der Waals surface area contributed by atoms with Crippen LogP contribution in [0, 0.1) is 0 Å². The Hall–Kier alpha value is -3.12. The zero-order valence-corrected chi connectivity index (χ0v) is 15.9.